The number of pyridine rings is 1. The third-order valence-corrected chi connectivity index (χ3v) is 3.73. The predicted molar refractivity (Wildman–Crippen MR) is 73.4 cm³/mol. The van der Waals surface area contributed by atoms with Crippen LogP contribution < -0.4 is 4.90 Å². The molecule has 0 amide bonds. The summed E-state index contributed by atoms with van der Waals surface area (Å²) in [6.07, 6.45) is 0.0818. The average molecular weight is 266 g/mol. The number of anilines is 1. The maximum absolute atomic E-state index is 9.57. The van der Waals surface area contributed by atoms with E-state index < -0.39 is 0 Å². The predicted octanol–water partition coefficient (Wildman–Crippen LogP) is 1.04. The van der Waals surface area contributed by atoms with E-state index in [2.05, 4.69) is 9.88 Å². The van der Waals surface area contributed by atoms with Crippen molar-refractivity contribution in [1.82, 2.24) is 4.98 Å². The van der Waals surface area contributed by atoms with Gasteiger partial charge in [-0.3, -0.25) is 0 Å². The molecule has 19 heavy (non-hydrogen) atoms. The number of aryl methyl sites for hydroxylation is 2. The molecule has 0 spiro atoms. The van der Waals surface area contributed by atoms with Gasteiger partial charge in [-0.05, 0) is 25.5 Å². The van der Waals surface area contributed by atoms with Crippen molar-refractivity contribution in [2.45, 2.75) is 32.7 Å². The zero-order chi connectivity index (χ0) is 14.0. The van der Waals surface area contributed by atoms with Gasteiger partial charge >= 0.3 is 0 Å². The van der Waals surface area contributed by atoms with Gasteiger partial charge < -0.3 is 19.5 Å². The van der Waals surface area contributed by atoms with E-state index in [1.165, 1.54) is 0 Å². The number of hydrogen-bond donors (Lipinski definition) is 1. The summed E-state index contributed by atoms with van der Waals surface area (Å²) in [7, 11) is 3.39. The molecule has 1 aromatic heterocycles. The van der Waals surface area contributed by atoms with Crippen LogP contribution in [0.1, 0.15) is 16.8 Å². The van der Waals surface area contributed by atoms with Gasteiger partial charge in [0.05, 0.1) is 6.61 Å². The van der Waals surface area contributed by atoms with Crippen molar-refractivity contribution in [2.24, 2.45) is 0 Å². The van der Waals surface area contributed by atoms with Crippen molar-refractivity contribution in [3.8, 4) is 0 Å². The molecule has 2 unspecified atom stereocenters. The summed E-state index contributed by atoms with van der Waals surface area (Å²) >= 11 is 0. The number of rotatable bonds is 4. The van der Waals surface area contributed by atoms with E-state index >= 15 is 0 Å². The summed E-state index contributed by atoms with van der Waals surface area (Å²) in [6, 6.07) is 1.99. The summed E-state index contributed by atoms with van der Waals surface area (Å²) in [5.74, 6) is 0.849. The number of ether oxygens (including phenoxy) is 2. The van der Waals surface area contributed by atoms with E-state index in [0.717, 1.165) is 35.7 Å². The van der Waals surface area contributed by atoms with Crippen LogP contribution in [0.15, 0.2) is 6.07 Å². The van der Waals surface area contributed by atoms with Gasteiger partial charge in [-0.15, -0.1) is 0 Å². The van der Waals surface area contributed by atoms with Crippen LogP contribution in [0.4, 0.5) is 5.82 Å². The highest BCUT2D eigenvalue weighted by atomic mass is 16.5. The van der Waals surface area contributed by atoms with Gasteiger partial charge in [-0.25, -0.2) is 4.98 Å². The fourth-order valence-electron chi connectivity index (χ4n) is 2.67. The summed E-state index contributed by atoms with van der Waals surface area (Å²) < 4.78 is 10.9. The molecule has 0 bridgehead atoms. The molecular weight excluding hydrogens is 244 g/mol. The molecule has 5 nitrogen and oxygen atoms in total. The Morgan fingerprint density at radius 2 is 1.84 bits per heavy atom. The zero-order valence-corrected chi connectivity index (χ0v) is 12.0. The second-order valence-electron chi connectivity index (χ2n) is 4.99. The lowest BCUT2D eigenvalue weighted by atomic mass is 10.1. The Labute approximate surface area is 114 Å². The standard InChI is InChI=1S/C14H22N2O3/c1-9-5-10(2)15-14(11(9)8-17)16-6-12(18-3)13(7-16)19-4/h5,12-13,17H,6-8H2,1-4H3. The van der Waals surface area contributed by atoms with Gasteiger partial charge in [0.2, 0.25) is 0 Å². The van der Waals surface area contributed by atoms with Gasteiger partial charge in [0.1, 0.15) is 18.0 Å². The number of methoxy groups -OCH3 is 2. The third kappa shape index (κ3) is 2.73. The lowest BCUT2D eigenvalue weighted by Crippen LogP contribution is -2.27. The molecule has 0 radical (unpaired) electrons. The molecule has 2 heterocycles. The Bertz CT molecular complexity index is 439. The topological polar surface area (TPSA) is 54.8 Å². The molecule has 0 aliphatic carbocycles. The first-order valence-electron chi connectivity index (χ1n) is 6.49. The highest BCUT2D eigenvalue weighted by molar-refractivity contribution is 5.52. The summed E-state index contributed by atoms with van der Waals surface area (Å²) in [5.41, 5.74) is 2.91. The SMILES string of the molecule is COC1CN(c2nc(C)cc(C)c2CO)CC1OC. The third-order valence-electron chi connectivity index (χ3n) is 3.73. The largest absolute Gasteiger partial charge is 0.392 e. The van der Waals surface area contributed by atoms with Crippen LogP contribution in [0.25, 0.3) is 0 Å². The minimum Gasteiger partial charge on any atom is -0.392 e. The molecule has 2 rings (SSSR count). The number of aromatic nitrogens is 1. The second kappa shape index (κ2) is 5.86. The van der Waals surface area contributed by atoms with Crippen LogP contribution in [-0.4, -0.2) is 49.6 Å². The Balaban J connectivity index is 2.32. The molecule has 1 saturated heterocycles. The Kier molecular flexibility index (Phi) is 4.39. The number of aliphatic hydroxyl groups excluding tert-OH is 1. The maximum Gasteiger partial charge on any atom is 0.134 e. The van der Waals surface area contributed by atoms with Crippen molar-refractivity contribution in [1.29, 1.82) is 0 Å². The van der Waals surface area contributed by atoms with Crippen molar-refractivity contribution in [3.63, 3.8) is 0 Å². The summed E-state index contributed by atoms with van der Waals surface area (Å²) in [6.45, 7) is 5.44. The van der Waals surface area contributed by atoms with Crippen LogP contribution >= 0.6 is 0 Å². The monoisotopic (exact) mass is 266 g/mol. The Hall–Kier alpha value is -1.17. The molecule has 1 aliphatic rings. The molecule has 1 aliphatic heterocycles. The zero-order valence-electron chi connectivity index (χ0n) is 12.0. The number of hydrogen-bond acceptors (Lipinski definition) is 5. The van der Waals surface area contributed by atoms with Crippen LogP contribution in [0.2, 0.25) is 0 Å². The number of aliphatic hydroxyl groups is 1. The smallest absolute Gasteiger partial charge is 0.134 e. The summed E-state index contributed by atoms with van der Waals surface area (Å²) in [4.78, 5) is 6.71. The molecule has 106 valence electrons. The van der Waals surface area contributed by atoms with Gasteiger partial charge in [-0.2, -0.15) is 0 Å². The molecule has 5 heteroatoms. The highest BCUT2D eigenvalue weighted by Gasteiger charge is 2.34. The van der Waals surface area contributed by atoms with Crippen molar-refractivity contribution >= 4 is 5.82 Å². The van der Waals surface area contributed by atoms with Gasteiger partial charge in [0.25, 0.3) is 0 Å². The van der Waals surface area contributed by atoms with Gasteiger partial charge in [0, 0.05) is 38.6 Å². The Morgan fingerprint density at radius 1 is 1.26 bits per heavy atom. The molecular formula is C14H22N2O3. The van der Waals surface area contributed by atoms with Crippen LogP contribution in [-0.2, 0) is 16.1 Å². The fraction of sp³-hybridized carbons (Fsp3) is 0.643. The average Bonchev–Trinajstić information content (AvgIpc) is 2.81. The van der Waals surface area contributed by atoms with E-state index in [1.807, 2.05) is 19.9 Å². The minimum atomic E-state index is 0.000242. The van der Waals surface area contributed by atoms with Crippen molar-refractivity contribution in [2.75, 3.05) is 32.2 Å². The number of nitrogens with zero attached hydrogens (tertiary/aromatic N) is 2. The maximum atomic E-state index is 9.57. The van der Waals surface area contributed by atoms with Crippen molar-refractivity contribution < 1.29 is 14.6 Å². The van der Waals surface area contributed by atoms with Crippen LogP contribution in [0.3, 0.4) is 0 Å². The molecule has 2 atom stereocenters. The first-order chi connectivity index (χ1) is 9.10. The lowest BCUT2D eigenvalue weighted by Gasteiger charge is -2.21. The first-order valence-corrected chi connectivity index (χ1v) is 6.49. The van der Waals surface area contributed by atoms with Gasteiger partial charge in [-0.1, -0.05) is 0 Å². The molecule has 1 N–H and O–H groups in total. The van der Waals surface area contributed by atoms with E-state index in [0.29, 0.717) is 0 Å². The highest BCUT2D eigenvalue weighted by Crippen LogP contribution is 2.27. The van der Waals surface area contributed by atoms with Crippen molar-refractivity contribution in [3.05, 3.63) is 22.9 Å². The van der Waals surface area contributed by atoms with E-state index in [9.17, 15) is 5.11 Å². The first kappa shape index (κ1) is 14.2. The molecule has 0 saturated carbocycles. The minimum absolute atomic E-state index is 0.000242. The van der Waals surface area contributed by atoms with Crippen LogP contribution in [0.5, 0.6) is 0 Å². The van der Waals surface area contributed by atoms with E-state index in [-0.39, 0.29) is 18.8 Å². The van der Waals surface area contributed by atoms with E-state index in [1.54, 1.807) is 14.2 Å². The molecule has 1 aromatic rings. The van der Waals surface area contributed by atoms with Crippen LogP contribution in [0, 0.1) is 13.8 Å². The second-order valence-corrected chi connectivity index (χ2v) is 4.99. The summed E-state index contributed by atoms with van der Waals surface area (Å²) in [5, 5.41) is 9.57. The fourth-order valence-corrected chi connectivity index (χ4v) is 2.67. The van der Waals surface area contributed by atoms with Gasteiger partial charge in [0.15, 0.2) is 0 Å². The Morgan fingerprint density at radius 3 is 2.32 bits per heavy atom. The normalized spacial score (nSPS) is 23.1. The molecule has 0 aromatic carbocycles. The van der Waals surface area contributed by atoms with E-state index in [4.69, 9.17) is 9.47 Å². The molecule has 1 fully saturated rings. The lowest BCUT2D eigenvalue weighted by molar-refractivity contribution is -0.00461. The quantitative estimate of drug-likeness (QED) is 0.882.